The Morgan fingerprint density at radius 1 is 1.31 bits per heavy atom. The van der Waals surface area contributed by atoms with Crippen LogP contribution in [0.5, 0.6) is 0 Å². The molecule has 0 aromatic heterocycles. The average Bonchev–Trinajstić information content (AvgIpc) is 2.11. The Kier molecular flexibility index (Phi) is 3.31. The average molecular weight is 189 g/mol. The summed E-state index contributed by atoms with van der Waals surface area (Å²) in [4.78, 5) is 0. The molecule has 0 saturated heterocycles. The molecular weight excluding hydrogens is 179 g/mol. The van der Waals surface area contributed by atoms with E-state index < -0.39 is 17.8 Å². The molecule has 0 aliphatic carbocycles. The van der Waals surface area contributed by atoms with E-state index in [4.69, 9.17) is 5.73 Å². The molecule has 1 unspecified atom stereocenters. The molecule has 0 spiro atoms. The molecular formula is C9H10F3N. The molecule has 0 saturated carbocycles. The van der Waals surface area contributed by atoms with Gasteiger partial charge in [-0.15, -0.1) is 0 Å². The fraction of sp³-hybridized carbons (Fsp3) is 0.333. The highest BCUT2D eigenvalue weighted by Gasteiger charge is 2.10. The topological polar surface area (TPSA) is 26.0 Å². The summed E-state index contributed by atoms with van der Waals surface area (Å²) in [6.45, 7) is -0.185. The van der Waals surface area contributed by atoms with Crippen LogP contribution >= 0.6 is 0 Å². The second-order valence-corrected chi connectivity index (χ2v) is 2.77. The largest absolute Gasteiger partial charge is 0.328 e. The lowest BCUT2D eigenvalue weighted by molar-refractivity contribution is 0.336. The normalized spacial score (nSPS) is 12.9. The minimum atomic E-state index is -1.32. The molecule has 4 heteroatoms. The molecule has 0 bridgehead atoms. The maximum absolute atomic E-state index is 12.9. The maximum atomic E-state index is 12.9. The van der Waals surface area contributed by atoms with Crippen molar-refractivity contribution < 1.29 is 13.2 Å². The predicted octanol–water partition coefficient (Wildman–Crippen LogP) is 1.80. The van der Waals surface area contributed by atoms with Crippen LogP contribution in [0.15, 0.2) is 18.2 Å². The third-order valence-electron chi connectivity index (χ3n) is 1.70. The van der Waals surface area contributed by atoms with Crippen LogP contribution in [0.3, 0.4) is 0 Å². The van der Waals surface area contributed by atoms with Gasteiger partial charge in [0.05, 0.1) is 0 Å². The van der Waals surface area contributed by atoms with Gasteiger partial charge in [-0.05, 0) is 23.8 Å². The smallest absolute Gasteiger partial charge is 0.126 e. The van der Waals surface area contributed by atoms with E-state index in [1.165, 1.54) is 0 Å². The van der Waals surface area contributed by atoms with E-state index in [0.29, 0.717) is 0 Å². The van der Waals surface area contributed by atoms with E-state index in [1.807, 2.05) is 0 Å². The molecule has 1 atom stereocenters. The number of alkyl halides is 1. The molecule has 1 rings (SSSR count). The summed E-state index contributed by atoms with van der Waals surface area (Å²) < 4.78 is 38.2. The summed E-state index contributed by atoms with van der Waals surface area (Å²) in [7, 11) is 0. The van der Waals surface area contributed by atoms with Gasteiger partial charge in [0.2, 0.25) is 0 Å². The summed E-state index contributed by atoms with van der Waals surface area (Å²) in [5.41, 5.74) is 5.04. The van der Waals surface area contributed by atoms with Crippen molar-refractivity contribution in [1.82, 2.24) is 0 Å². The van der Waals surface area contributed by atoms with Crippen molar-refractivity contribution in [2.45, 2.75) is 12.6 Å². The van der Waals surface area contributed by atoms with Crippen LogP contribution in [0.4, 0.5) is 13.2 Å². The van der Waals surface area contributed by atoms with Crippen LogP contribution in [0.2, 0.25) is 0 Å². The van der Waals surface area contributed by atoms with Gasteiger partial charge in [-0.25, -0.2) is 13.2 Å². The highest BCUT2D eigenvalue weighted by Crippen LogP contribution is 2.12. The Morgan fingerprint density at radius 2 is 2.00 bits per heavy atom. The lowest BCUT2D eigenvalue weighted by atomic mass is 10.1. The summed E-state index contributed by atoms with van der Waals surface area (Å²) in [6.07, 6.45) is -1.50. The quantitative estimate of drug-likeness (QED) is 0.770. The first-order chi connectivity index (χ1) is 6.13. The Bertz CT molecular complexity index is 288. The molecule has 1 nitrogen and oxygen atoms in total. The van der Waals surface area contributed by atoms with Crippen molar-refractivity contribution >= 4 is 0 Å². The summed E-state index contributed by atoms with van der Waals surface area (Å²) >= 11 is 0. The van der Waals surface area contributed by atoms with Crippen LogP contribution < -0.4 is 5.73 Å². The predicted molar refractivity (Wildman–Crippen MR) is 44.0 cm³/mol. The summed E-state index contributed by atoms with van der Waals surface area (Å²) in [5.74, 6) is -1.17. The van der Waals surface area contributed by atoms with E-state index >= 15 is 0 Å². The Balaban J connectivity index is 2.81. The number of rotatable bonds is 3. The molecule has 2 N–H and O–H groups in total. The molecule has 0 amide bonds. The number of hydrogen-bond acceptors (Lipinski definition) is 1. The van der Waals surface area contributed by atoms with Gasteiger partial charge in [-0.2, -0.15) is 0 Å². The first-order valence-corrected chi connectivity index (χ1v) is 3.91. The second kappa shape index (κ2) is 4.28. The SMILES string of the molecule is NCC(F)Cc1cc(F)ccc1F. The Morgan fingerprint density at radius 3 is 2.62 bits per heavy atom. The molecule has 0 fully saturated rings. The minimum absolute atomic E-state index is 0.0259. The number of nitrogens with two attached hydrogens (primary N) is 1. The van der Waals surface area contributed by atoms with Crippen molar-refractivity contribution in [3.63, 3.8) is 0 Å². The zero-order valence-corrected chi connectivity index (χ0v) is 6.93. The van der Waals surface area contributed by atoms with Crippen molar-refractivity contribution in [3.8, 4) is 0 Å². The zero-order chi connectivity index (χ0) is 9.84. The van der Waals surface area contributed by atoms with Gasteiger partial charge < -0.3 is 5.73 Å². The second-order valence-electron chi connectivity index (χ2n) is 2.77. The number of hydrogen-bond donors (Lipinski definition) is 1. The number of benzene rings is 1. The molecule has 0 radical (unpaired) electrons. The molecule has 0 aliphatic heterocycles. The van der Waals surface area contributed by atoms with E-state index in [0.717, 1.165) is 18.2 Å². The number of halogens is 3. The van der Waals surface area contributed by atoms with Gasteiger partial charge in [0, 0.05) is 13.0 Å². The van der Waals surface area contributed by atoms with Crippen LogP contribution in [0, 0.1) is 11.6 Å². The first kappa shape index (κ1) is 10.1. The van der Waals surface area contributed by atoms with Crippen molar-refractivity contribution in [3.05, 3.63) is 35.4 Å². The zero-order valence-electron chi connectivity index (χ0n) is 6.93. The summed E-state index contributed by atoms with van der Waals surface area (Å²) in [5, 5.41) is 0. The van der Waals surface area contributed by atoms with Crippen LogP contribution in [0.25, 0.3) is 0 Å². The van der Waals surface area contributed by atoms with E-state index in [-0.39, 0.29) is 18.5 Å². The third kappa shape index (κ3) is 2.73. The van der Waals surface area contributed by atoms with Crippen LogP contribution in [0.1, 0.15) is 5.56 Å². The fourth-order valence-corrected chi connectivity index (χ4v) is 1.02. The molecule has 1 aromatic carbocycles. The lowest BCUT2D eigenvalue weighted by Crippen LogP contribution is -2.18. The van der Waals surface area contributed by atoms with Gasteiger partial charge in [0.25, 0.3) is 0 Å². The molecule has 72 valence electrons. The fourth-order valence-electron chi connectivity index (χ4n) is 1.02. The highest BCUT2D eigenvalue weighted by atomic mass is 19.1. The molecule has 13 heavy (non-hydrogen) atoms. The van der Waals surface area contributed by atoms with Gasteiger partial charge >= 0.3 is 0 Å². The van der Waals surface area contributed by atoms with E-state index in [9.17, 15) is 13.2 Å². The van der Waals surface area contributed by atoms with Crippen LogP contribution in [-0.4, -0.2) is 12.7 Å². The van der Waals surface area contributed by atoms with Crippen LogP contribution in [-0.2, 0) is 6.42 Å². The maximum Gasteiger partial charge on any atom is 0.126 e. The Labute approximate surface area is 74.4 Å². The van der Waals surface area contributed by atoms with Gasteiger partial charge in [0.1, 0.15) is 17.8 Å². The lowest BCUT2D eigenvalue weighted by Gasteiger charge is -2.05. The van der Waals surface area contributed by atoms with Gasteiger partial charge in [-0.1, -0.05) is 0 Å². The monoisotopic (exact) mass is 189 g/mol. The van der Waals surface area contributed by atoms with Crippen molar-refractivity contribution in [1.29, 1.82) is 0 Å². The van der Waals surface area contributed by atoms with E-state index in [2.05, 4.69) is 0 Å². The molecule has 0 aliphatic rings. The Hall–Kier alpha value is -1.03. The van der Waals surface area contributed by atoms with Gasteiger partial charge in [-0.3, -0.25) is 0 Å². The van der Waals surface area contributed by atoms with Gasteiger partial charge in [0.15, 0.2) is 0 Å². The minimum Gasteiger partial charge on any atom is -0.328 e. The highest BCUT2D eigenvalue weighted by molar-refractivity contribution is 5.19. The third-order valence-corrected chi connectivity index (χ3v) is 1.70. The summed E-state index contributed by atoms with van der Waals surface area (Å²) in [6, 6.07) is 2.96. The molecule has 1 aromatic rings. The first-order valence-electron chi connectivity index (χ1n) is 3.91. The van der Waals surface area contributed by atoms with Crippen molar-refractivity contribution in [2.24, 2.45) is 5.73 Å². The van der Waals surface area contributed by atoms with E-state index in [1.54, 1.807) is 0 Å². The standard InChI is InChI=1S/C9H10F3N/c10-7-1-2-9(12)6(3-7)4-8(11)5-13/h1-3,8H,4-5,13H2. The molecule has 0 heterocycles. The van der Waals surface area contributed by atoms with Crippen molar-refractivity contribution in [2.75, 3.05) is 6.54 Å².